The predicted octanol–water partition coefficient (Wildman–Crippen LogP) is 4.44. The molecule has 4 aromatic rings. The van der Waals surface area contributed by atoms with Crippen molar-refractivity contribution in [1.29, 1.82) is 0 Å². The highest BCUT2D eigenvalue weighted by Gasteiger charge is 2.25. The molecule has 1 fully saturated rings. The third-order valence-electron chi connectivity index (χ3n) is 6.66. The first-order chi connectivity index (χ1) is 19.1. The van der Waals surface area contributed by atoms with Crippen molar-refractivity contribution in [3.05, 3.63) is 79.3 Å². The van der Waals surface area contributed by atoms with Crippen LogP contribution in [0, 0.1) is 11.6 Å². The summed E-state index contributed by atoms with van der Waals surface area (Å²) < 4.78 is 32.1. The lowest BCUT2D eigenvalue weighted by Gasteiger charge is -2.38. The normalized spacial score (nSPS) is 14.4. The Morgan fingerprint density at radius 3 is 2.62 bits per heavy atom. The van der Waals surface area contributed by atoms with Gasteiger partial charge in [-0.2, -0.15) is 4.98 Å². The molecule has 5 rings (SSSR count). The van der Waals surface area contributed by atoms with Crippen molar-refractivity contribution in [3.8, 4) is 11.1 Å². The molecule has 3 heterocycles. The Bertz CT molecular complexity index is 1560. The van der Waals surface area contributed by atoms with Crippen LogP contribution in [0.1, 0.15) is 13.8 Å². The number of anilines is 4. The van der Waals surface area contributed by atoms with Crippen LogP contribution in [0.3, 0.4) is 0 Å². The van der Waals surface area contributed by atoms with Gasteiger partial charge in [-0.15, -0.1) is 0 Å². The quantitative estimate of drug-likeness (QED) is 0.281. The predicted molar refractivity (Wildman–Crippen MR) is 152 cm³/mol. The van der Waals surface area contributed by atoms with Crippen molar-refractivity contribution in [3.63, 3.8) is 0 Å². The van der Waals surface area contributed by atoms with Gasteiger partial charge in [-0.05, 0) is 55.8 Å². The van der Waals surface area contributed by atoms with Crippen molar-refractivity contribution >= 4 is 34.6 Å². The maximum atomic E-state index is 15.2. The molecule has 1 amide bonds. The molecule has 0 unspecified atom stereocenters. The molecule has 1 aliphatic rings. The maximum Gasteiger partial charge on any atom is 0.247 e. The summed E-state index contributed by atoms with van der Waals surface area (Å²) in [7, 11) is 0. The van der Waals surface area contributed by atoms with E-state index in [9.17, 15) is 9.90 Å². The lowest BCUT2D eigenvalue weighted by atomic mass is 10.1. The highest BCUT2D eigenvalue weighted by Crippen LogP contribution is 2.31. The molecule has 0 bridgehead atoms. The number of fused-ring (bicyclic) bond motifs is 1. The Kier molecular flexibility index (Phi) is 7.51. The lowest BCUT2D eigenvalue weighted by molar-refractivity contribution is -0.111. The molecule has 208 valence electrons. The summed E-state index contributed by atoms with van der Waals surface area (Å²) >= 11 is 0. The summed E-state index contributed by atoms with van der Waals surface area (Å²) in [6, 6.07) is 12.2. The number of carbonyl (C=O) groups is 1. The van der Waals surface area contributed by atoms with Crippen molar-refractivity contribution in [2.24, 2.45) is 0 Å². The minimum absolute atomic E-state index is 0.0755. The SMILES string of the molecule is C=CC(=O)Nc1cccc(-c2ccn3cnc(Nc4ccc(N5CCN(CC(C)(C)O)CC5)c(F)c4F)nc23)c1. The van der Waals surface area contributed by atoms with Crippen LogP contribution in [-0.4, -0.2) is 68.6 Å². The van der Waals surface area contributed by atoms with Gasteiger partial charge in [0.15, 0.2) is 11.6 Å². The number of rotatable bonds is 8. The van der Waals surface area contributed by atoms with Crippen molar-refractivity contribution in [2.45, 2.75) is 19.4 Å². The van der Waals surface area contributed by atoms with Gasteiger partial charge >= 0.3 is 0 Å². The third-order valence-corrected chi connectivity index (χ3v) is 6.66. The van der Waals surface area contributed by atoms with E-state index < -0.39 is 17.2 Å². The molecule has 1 aliphatic heterocycles. The number of piperazine rings is 1. The van der Waals surface area contributed by atoms with Crippen LogP contribution in [0.25, 0.3) is 16.8 Å². The largest absolute Gasteiger partial charge is 0.389 e. The molecular weight excluding hydrogens is 516 g/mol. The van der Waals surface area contributed by atoms with E-state index in [4.69, 9.17) is 0 Å². The molecule has 0 spiro atoms. The van der Waals surface area contributed by atoms with Gasteiger partial charge in [0.1, 0.15) is 12.0 Å². The fraction of sp³-hybridized carbons (Fsp3) is 0.276. The summed E-state index contributed by atoms with van der Waals surface area (Å²) in [5.41, 5.74) is 2.03. The smallest absolute Gasteiger partial charge is 0.247 e. The van der Waals surface area contributed by atoms with Crippen LogP contribution in [0.5, 0.6) is 0 Å². The lowest BCUT2D eigenvalue weighted by Crippen LogP contribution is -2.50. The Hall–Kier alpha value is -4.35. The maximum absolute atomic E-state index is 15.2. The van der Waals surface area contributed by atoms with Crippen molar-refractivity contribution in [1.82, 2.24) is 19.3 Å². The van der Waals surface area contributed by atoms with E-state index >= 15 is 8.78 Å². The Balaban J connectivity index is 1.34. The number of amides is 1. The topological polar surface area (TPSA) is 98.0 Å². The molecule has 3 N–H and O–H groups in total. The molecule has 40 heavy (non-hydrogen) atoms. The number of nitrogens with one attached hydrogen (secondary N) is 2. The number of hydrogen-bond donors (Lipinski definition) is 3. The average molecular weight is 548 g/mol. The molecule has 9 nitrogen and oxygen atoms in total. The van der Waals surface area contributed by atoms with E-state index in [1.54, 1.807) is 36.6 Å². The van der Waals surface area contributed by atoms with Gasteiger partial charge < -0.3 is 20.6 Å². The van der Waals surface area contributed by atoms with Gasteiger partial charge in [0, 0.05) is 50.2 Å². The number of aromatic nitrogens is 3. The van der Waals surface area contributed by atoms with Crippen LogP contribution in [-0.2, 0) is 4.79 Å². The second-order valence-corrected chi connectivity index (χ2v) is 10.4. The molecule has 0 atom stereocenters. The number of halogens is 2. The molecule has 2 aromatic carbocycles. The minimum Gasteiger partial charge on any atom is -0.389 e. The summed E-state index contributed by atoms with van der Waals surface area (Å²) in [5.74, 6) is -2.17. The number of nitrogens with zero attached hydrogens (tertiary/aromatic N) is 5. The van der Waals surface area contributed by atoms with Crippen LogP contribution in [0.4, 0.5) is 31.8 Å². The molecule has 1 saturated heterocycles. The number of hydrogen-bond acceptors (Lipinski definition) is 7. The van der Waals surface area contributed by atoms with Gasteiger partial charge in [-0.3, -0.25) is 14.1 Å². The molecule has 11 heteroatoms. The Morgan fingerprint density at radius 1 is 1.12 bits per heavy atom. The summed E-state index contributed by atoms with van der Waals surface area (Å²) in [5, 5.41) is 15.6. The number of benzene rings is 2. The van der Waals surface area contributed by atoms with Gasteiger partial charge in [0.25, 0.3) is 0 Å². The van der Waals surface area contributed by atoms with Crippen molar-refractivity contribution in [2.75, 3.05) is 48.3 Å². The number of β-amino-alcohol motifs (C(OH)–C–C–N with tert-alkyl or cyclic N) is 1. The Labute approximate surface area is 230 Å². The standard InChI is InChI=1S/C29H31F2N7O2/c1-4-24(39)33-20-7-5-6-19(16-20)21-10-11-38-18-32-28(35-27(21)38)34-22-8-9-23(26(31)25(22)30)37-14-12-36(13-15-37)17-29(2,3)40/h4-11,16,18,40H,1,12-15,17H2,2-3H3,(H,33,39)(H,34,35). The minimum atomic E-state index is -1.01. The van der Waals surface area contributed by atoms with Crippen LogP contribution >= 0.6 is 0 Å². The van der Waals surface area contributed by atoms with Gasteiger partial charge in [-0.25, -0.2) is 13.8 Å². The van der Waals surface area contributed by atoms with Crippen LogP contribution < -0.4 is 15.5 Å². The first kappa shape index (κ1) is 27.2. The zero-order valence-corrected chi connectivity index (χ0v) is 22.4. The molecular formula is C29H31F2N7O2. The van der Waals surface area contributed by atoms with E-state index in [-0.39, 0.29) is 23.2 Å². The first-order valence-corrected chi connectivity index (χ1v) is 12.9. The van der Waals surface area contributed by atoms with E-state index in [1.807, 2.05) is 29.2 Å². The van der Waals surface area contributed by atoms with E-state index in [0.29, 0.717) is 44.1 Å². The zero-order chi connectivity index (χ0) is 28.4. The number of aliphatic hydroxyl groups is 1. The summed E-state index contributed by atoms with van der Waals surface area (Å²) in [6.07, 6.45) is 4.52. The number of carbonyl (C=O) groups excluding carboxylic acids is 1. The van der Waals surface area contributed by atoms with Crippen molar-refractivity contribution < 1.29 is 18.7 Å². The highest BCUT2D eigenvalue weighted by molar-refractivity contribution is 5.99. The highest BCUT2D eigenvalue weighted by atomic mass is 19.2. The molecule has 0 saturated carbocycles. The zero-order valence-electron chi connectivity index (χ0n) is 22.4. The van der Waals surface area contributed by atoms with Gasteiger partial charge in [0.05, 0.1) is 17.0 Å². The van der Waals surface area contributed by atoms with E-state index in [0.717, 1.165) is 11.1 Å². The first-order valence-electron chi connectivity index (χ1n) is 12.9. The van der Waals surface area contributed by atoms with Gasteiger partial charge in [-0.1, -0.05) is 18.7 Å². The second-order valence-electron chi connectivity index (χ2n) is 10.4. The second kappa shape index (κ2) is 11.0. The Morgan fingerprint density at radius 2 is 1.90 bits per heavy atom. The third kappa shape index (κ3) is 5.95. The molecule has 2 aromatic heterocycles. The van der Waals surface area contributed by atoms with Gasteiger partial charge in [0.2, 0.25) is 11.9 Å². The monoisotopic (exact) mass is 547 g/mol. The van der Waals surface area contributed by atoms with Crippen LogP contribution in [0.15, 0.2) is 67.6 Å². The average Bonchev–Trinajstić information content (AvgIpc) is 3.35. The van der Waals surface area contributed by atoms with Crippen LogP contribution in [0.2, 0.25) is 0 Å². The fourth-order valence-electron chi connectivity index (χ4n) is 4.83. The van der Waals surface area contributed by atoms with E-state index in [1.165, 1.54) is 18.5 Å². The van der Waals surface area contributed by atoms with E-state index in [2.05, 4.69) is 32.1 Å². The summed E-state index contributed by atoms with van der Waals surface area (Å²) in [4.78, 5) is 24.4. The fourth-order valence-corrected chi connectivity index (χ4v) is 4.83. The molecule has 0 radical (unpaired) electrons. The molecule has 0 aliphatic carbocycles. The summed E-state index contributed by atoms with van der Waals surface area (Å²) in [6.45, 7) is 9.82.